The van der Waals surface area contributed by atoms with E-state index in [1.54, 1.807) is 0 Å². The van der Waals surface area contributed by atoms with Gasteiger partial charge in [-0.1, -0.05) is 49.7 Å². The first-order valence-electron chi connectivity index (χ1n) is 5.13. The molecule has 0 aliphatic rings. The molecule has 0 fully saturated rings. The Hall–Kier alpha value is -0.750. The van der Waals surface area contributed by atoms with E-state index in [-0.39, 0.29) is 0 Å². The van der Waals surface area contributed by atoms with E-state index in [2.05, 4.69) is 38.1 Å². The summed E-state index contributed by atoms with van der Waals surface area (Å²) >= 11 is 5.82. The predicted molar refractivity (Wildman–Crippen MR) is 63.8 cm³/mol. The minimum Gasteiger partial charge on any atom is -0.0885 e. The highest BCUT2D eigenvalue weighted by atomic mass is 35.5. The van der Waals surface area contributed by atoms with Crippen LogP contribution >= 0.6 is 11.6 Å². The third-order valence-corrected chi connectivity index (χ3v) is 2.42. The van der Waals surface area contributed by atoms with Gasteiger partial charge in [0.1, 0.15) is 0 Å². The molecule has 0 spiro atoms. The first-order valence-corrected chi connectivity index (χ1v) is 5.51. The average molecular weight is 209 g/mol. The van der Waals surface area contributed by atoms with Gasteiger partial charge in [0.25, 0.3) is 0 Å². The Morgan fingerprint density at radius 1 is 1.29 bits per heavy atom. The Balaban J connectivity index is 2.51. The summed E-state index contributed by atoms with van der Waals surface area (Å²) in [7, 11) is 0. The van der Waals surface area contributed by atoms with Crippen LogP contribution in [0.15, 0.2) is 36.4 Å². The second kappa shape index (κ2) is 5.87. The Labute approximate surface area is 91.6 Å². The molecule has 1 atom stereocenters. The summed E-state index contributed by atoms with van der Waals surface area (Å²) in [5.41, 5.74) is 1.35. The standard InChI is InChI=1S/C13H17Cl/c1-3-4-5-11(2)10-12-6-8-13(14)9-7-12/h4-9,11H,3,10H2,1-2H3/b5-4-. The van der Waals surface area contributed by atoms with Gasteiger partial charge in [0, 0.05) is 5.02 Å². The summed E-state index contributed by atoms with van der Waals surface area (Å²) in [5.74, 6) is 0.608. The van der Waals surface area contributed by atoms with Crippen LogP contribution in [0.25, 0.3) is 0 Å². The van der Waals surface area contributed by atoms with Crippen LogP contribution in [0, 0.1) is 5.92 Å². The molecule has 0 saturated carbocycles. The van der Waals surface area contributed by atoms with Gasteiger partial charge in [-0.2, -0.15) is 0 Å². The molecule has 0 amide bonds. The molecule has 1 aromatic rings. The summed E-state index contributed by atoms with van der Waals surface area (Å²) < 4.78 is 0. The van der Waals surface area contributed by atoms with Crippen LogP contribution in [0.1, 0.15) is 25.8 Å². The lowest BCUT2D eigenvalue weighted by molar-refractivity contribution is 0.720. The Kier molecular flexibility index (Phi) is 4.75. The van der Waals surface area contributed by atoms with E-state index in [0.29, 0.717) is 5.92 Å². The highest BCUT2D eigenvalue weighted by Gasteiger charge is 1.98. The number of hydrogen-bond acceptors (Lipinski definition) is 0. The Morgan fingerprint density at radius 3 is 2.50 bits per heavy atom. The van der Waals surface area contributed by atoms with E-state index < -0.39 is 0 Å². The van der Waals surface area contributed by atoms with Gasteiger partial charge in [-0.25, -0.2) is 0 Å². The second-order valence-electron chi connectivity index (χ2n) is 3.64. The summed E-state index contributed by atoms with van der Waals surface area (Å²) in [5, 5.41) is 0.811. The molecule has 14 heavy (non-hydrogen) atoms. The third kappa shape index (κ3) is 3.97. The van der Waals surface area contributed by atoms with Crippen molar-refractivity contribution in [3.63, 3.8) is 0 Å². The predicted octanol–water partition coefficient (Wildman–Crippen LogP) is 4.48. The Morgan fingerprint density at radius 2 is 1.93 bits per heavy atom. The van der Waals surface area contributed by atoms with Crippen molar-refractivity contribution in [3.8, 4) is 0 Å². The maximum absolute atomic E-state index is 5.82. The zero-order valence-electron chi connectivity index (χ0n) is 8.83. The molecule has 0 aliphatic heterocycles. The quantitative estimate of drug-likeness (QED) is 0.640. The molecule has 1 unspecified atom stereocenters. The summed E-state index contributed by atoms with van der Waals surface area (Å²) in [6.45, 7) is 4.40. The van der Waals surface area contributed by atoms with Crippen LogP contribution in [0.4, 0.5) is 0 Å². The first kappa shape index (κ1) is 11.3. The second-order valence-corrected chi connectivity index (χ2v) is 4.08. The van der Waals surface area contributed by atoms with E-state index >= 15 is 0 Å². The molecule has 0 heterocycles. The fourth-order valence-corrected chi connectivity index (χ4v) is 1.55. The topological polar surface area (TPSA) is 0 Å². The first-order chi connectivity index (χ1) is 6.72. The van der Waals surface area contributed by atoms with Crippen LogP contribution in [0.5, 0.6) is 0 Å². The van der Waals surface area contributed by atoms with Crippen molar-refractivity contribution in [1.82, 2.24) is 0 Å². The van der Waals surface area contributed by atoms with Gasteiger partial charge >= 0.3 is 0 Å². The van der Waals surface area contributed by atoms with Crippen molar-refractivity contribution in [2.24, 2.45) is 5.92 Å². The van der Waals surface area contributed by atoms with Gasteiger partial charge < -0.3 is 0 Å². The molecule has 1 heteroatoms. The fraction of sp³-hybridized carbons (Fsp3) is 0.385. The molecule has 0 aromatic heterocycles. The lowest BCUT2D eigenvalue weighted by Gasteiger charge is -2.06. The monoisotopic (exact) mass is 208 g/mol. The van der Waals surface area contributed by atoms with Crippen LogP contribution in [-0.2, 0) is 6.42 Å². The number of allylic oxidation sites excluding steroid dienone is 2. The van der Waals surface area contributed by atoms with Crippen molar-refractivity contribution < 1.29 is 0 Å². The largest absolute Gasteiger partial charge is 0.0885 e. The van der Waals surface area contributed by atoms with Crippen LogP contribution in [-0.4, -0.2) is 0 Å². The minimum atomic E-state index is 0.608. The molecule has 76 valence electrons. The van der Waals surface area contributed by atoms with Crippen LogP contribution in [0.3, 0.4) is 0 Å². The van der Waals surface area contributed by atoms with Crippen molar-refractivity contribution in [1.29, 1.82) is 0 Å². The van der Waals surface area contributed by atoms with Gasteiger partial charge in [-0.05, 0) is 36.5 Å². The molecule has 0 nitrogen and oxygen atoms in total. The van der Waals surface area contributed by atoms with Crippen LogP contribution in [0.2, 0.25) is 5.02 Å². The molecule has 0 saturated heterocycles. The van der Waals surface area contributed by atoms with Crippen molar-refractivity contribution in [2.75, 3.05) is 0 Å². The number of hydrogen-bond donors (Lipinski definition) is 0. The number of benzene rings is 1. The maximum Gasteiger partial charge on any atom is 0.0406 e. The summed E-state index contributed by atoms with van der Waals surface area (Å²) in [6.07, 6.45) is 6.70. The highest BCUT2D eigenvalue weighted by molar-refractivity contribution is 6.30. The number of rotatable bonds is 4. The van der Waals surface area contributed by atoms with Gasteiger partial charge in [-0.3, -0.25) is 0 Å². The van der Waals surface area contributed by atoms with Gasteiger partial charge in [0.15, 0.2) is 0 Å². The molecular formula is C13H17Cl. The van der Waals surface area contributed by atoms with Gasteiger partial charge in [0.05, 0.1) is 0 Å². The molecule has 0 aliphatic carbocycles. The van der Waals surface area contributed by atoms with E-state index in [1.807, 2.05) is 12.1 Å². The third-order valence-electron chi connectivity index (χ3n) is 2.17. The fourth-order valence-electron chi connectivity index (χ4n) is 1.43. The van der Waals surface area contributed by atoms with Gasteiger partial charge in [-0.15, -0.1) is 0 Å². The summed E-state index contributed by atoms with van der Waals surface area (Å²) in [6, 6.07) is 8.09. The zero-order valence-corrected chi connectivity index (χ0v) is 9.59. The maximum atomic E-state index is 5.82. The van der Waals surface area contributed by atoms with E-state index in [4.69, 9.17) is 11.6 Å². The lowest BCUT2D eigenvalue weighted by Crippen LogP contribution is -1.95. The van der Waals surface area contributed by atoms with E-state index in [9.17, 15) is 0 Å². The summed E-state index contributed by atoms with van der Waals surface area (Å²) in [4.78, 5) is 0. The van der Waals surface area contributed by atoms with E-state index in [1.165, 1.54) is 5.56 Å². The minimum absolute atomic E-state index is 0.608. The van der Waals surface area contributed by atoms with Crippen molar-refractivity contribution in [2.45, 2.75) is 26.7 Å². The molecule has 0 N–H and O–H groups in total. The smallest absolute Gasteiger partial charge is 0.0406 e. The highest BCUT2D eigenvalue weighted by Crippen LogP contribution is 2.13. The van der Waals surface area contributed by atoms with Crippen molar-refractivity contribution >= 4 is 11.6 Å². The molecule has 1 rings (SSSR count). The normalized spacial score (nSPS) is 13.4. The molecule has 0 radical (unpaired) electrons. The number of halogens is 1. The van der Waals surface area contributed by atoms with Crippen molar-refractivity contribution in [3.05, 3.63) is 47.0 Å². The lowest BCUT2D eigenvalue weighted by atomic mass is 10.0. The SMILES string of the molecule is CC/C=C\C(C)Cc1ccc(Cl)cc1. The zero-order chi connectivity index (χ0) is 10.4. The molecular weight excluding hydrogens is 192 g/mol. The van der Waals surface area contributed by atoms with Crippen LogP contribution < -0.4 is 0 Å². The molecule has 1 aromatic carbocycles. The molecule has 0 bridgehead atoms. The average Bonchev–Trinajstić information content (AvgIpc) is 2.18. The van der Waals surface area contributed by atoms with E-state index in [0.717, 1.165) is 17.9 Å². The Bertz CT molecular complexity index is 285. The van der Waals surface area contributed by atoms with Gasteiger partial charge in [0.2, 0.25) is 0 Å².